The Kier molecular flexibility index (Phi) is 4.98. The summed E-state index contributed by atoms with van der Waals surface area (Å²) in [4.78, 5) is 4.20. The number of rotatable bonds is 6. The quantitative estimate of drug-likeness (QED) is 0.887. The second kappa shape index (κ2) is 6.72. The van der Waals surface area contributed by atoms with E-state index < -0.39 is 0 Å². The summed E-state index contributed by atoms with van der Waals surface area (Å²) in [6.45, 7) is 4.16. The molecule has 0 aliphatic heterocycles. The molecule has 1 heterocycles. The first-order valence-electron chi connectivity index (χ1n) is 6.56. The smallest absolute Gasteiger partial charge is 0.226 e. The van der Waals surface area contributed by atoms with E-state index in [2.05, 4.69) is 10.1 Å². The van der Waals surface area contributed by atoms with Crippen molar-refractivity contribution in [2.75, 3.05) is 0 Å². The minimum absolute atomic E-state index is 0.0349. The number of benzene rings is 1. The predicted molar refractivity (Wildman–Crippen MR) is 76.8 cm³/mol. The maximum Gasteiger partial charge on any atom is 0.226 e. The molecule has 0 bridgehead atoms. The second-order valence-corrected chi connectivity index (χ2v) is 5.12. The Labute approximate surface area is 123 Å². The van der Waals surface area contributed by atoms with Gasteiger partial charge in [0.1, 0.15) is 5.75 Å². The van der Waals surface area contributed by atoms with Gasteiger partial charge in [-0.15, -0.1) is 0 Å². The molecule has 0 aliphatic rings. The van der Waals surface area contributed by atoms with Gasteiger partial charge in [-0.25, -0.2) is 0 Å². The molecular formula is C14H18ClN3O2. The first-order valence-corrected chi connectivity index (χ1v) is 6.94. The highest BCUT2D eigenvalue weighted by Crippen LogP contribution is 2.24. The van der Waals surface area contributed by atoms with Gasteiger partial charge in [-0.05, 0) is 37.1 Å². The van der Waals surface area contributed by atoms with Crippen LogP contribution in [0.5, 0.6) is 5.75 Å². The Morgan fingerprint density at radius 2 is 2.25 bits per heavy atom. The van der Waals surface area contributed by atoms with E-state index in [0.29, 0.717) is 29.6 Å². The van der Waals surface area contributed by atoms with Crippen LogP contribution in [0.1, 0.15) is 31.1 Å². The molecule has 0 fully saturated rings. The van der Waals surface area contributed by atoms with E-state index in [9.17, 15) is 0 Å². The predicted octanol–water partition coefficient (Wildman–Crippen LogP) is 2.75. The van der Waals surface area contributed by atoms with Gasteiger partial charge in [0, 0.05) is 17.5 Å². The number of hydrogen-bond donors (Lipinski definition) is 1. The minimum Gasteiger partial charge on any atom is -0.485 e. The first kappa shape index (κ1) is 14.8. The zero-order valence-electron chi connectivity index (χ0n) is 11.6. The SMILES string of the molecule is CCc1nc(COc2ccc(Cl)cc2CC(C)N)no1. The van der Waals surface area contributed by atoms with Gasteiger partial charge in [-0.3, -0.25) is 0 Å². The van der Waals surface area contributed by atoms with Crippen LogP contribution in [0.3, 0.4) is 0 Å². The summed E-state index contributed by atoms with van der Waals surface area (Å²) in [6, 6.07) is 5.53. The molecule has 0 aliphatic carbocycles. The Morgan fingerprint density at radius 1 is 1.45 bits per heavy atom. The van der Waals surface area contributed by atoms with E-state index in [4.69, 9.17) is 26.6 Å². The molecule has 1 unspecified atom stereocenters. The molecular weight excluding hydrogens is 278 g/mol. The molecule has 2 rings (SSSR count). The number of nitrogens with two attached hydrogens (primary N) is 1. The standard InChI is InChI=1S/C14H18ClN3O2/c1-3-14-17-13(18-20-14)8-19-12-5-4-11(15)7-10(12)6-9(2)16/h4-5,7,9H,3,6,8,16H2,1-2H3. The monoisotopic (exact) mass is 295 g/mol. The van der Waals surface area contributed by atoms with Crippen LogP contribution >= 0.6 is 11.6 Å². The van der Waals surface area contributed by atoms with Crippen LogP contribution < -0.4 is 10.5 Å². The third-order valence-corrected chi connectivity index (χ3v) is 2.97. The summed E-state index contributed by atoms with van der Waals surface area (Å²) in [5.41, 5.74) is 6.81. The van der Waals surface area contributed by atoms with Crippen molar-refractivity contribution in [1.29, 1.82) is 0 Å². The number of ether oxygens (including phenoxy) is 1. The van der Waals surface area contributed by atoms with E-state index in [1.807, 2.05) is 26.0 Å². The normalized spacial score (nSPS) is 12.4. The fourth-order valence-corrected chi connectivity index (χ4v) is 2.02. The van der Waals surface area contributed by atoms with Crippen LogP contribution in [0.4, 0.5) is 0 Å². The molecule has 0 saturated carbocycles. The van der Waals surface area contributed by atoms with Gasteiger partial charge in [0.25, 0.3) is 0 Å². The number of hydrogen-bond acceptors (Lipinski definition) is 5. The molecule has 20 heavy (non-hydrogen) atoms. The Bertz CT molecular complexity index is 569. The van der Waals surface area contributed by atoms with Crippen molar-refractivity contribution in [3.63, 3.8) is 0 Å². The van der Waals surface area contributed by atoms with Gasteiger partial charge in [0.05, 0.1) is 0 Å². The van der Waals surface area contributed by atoms with Crippen LogP contribution in [0.2, 0.25) is 5.02 Å². The zero-order chi connectivity index (χ0) is 14.5. The molecule has 6 heteroatoms. The maximum absolute atomic E-state index is 6.00. The molecule has 0 saturated heterocycles. The number of nitrogens with zero attached hydrogens (tertiary/aromatic N) is 2. The highest BCUT2D eigenvalue weighted by molar-refractivity contribution is 6.30. The van der Waals surface area contributed by atoms with Gasteiger partial charge in [0.15, 0.2) is 6.61 Å². The van der Waals surface area contributed by atoms with E-state index in [0.717, 1.165) is 11.3 Å². The van der Waals surface area contributed by atoms with Gasteiger partial charge < -0.3 is 15.0 Å². The highest BCUT2D eigenvalue weighted by Gasteiger charge is 2.10. The molecule has 0 spiro atoms. The lowest BCUT2D eigenvalue weighted by Gasteiger charge is -2.12. The lowest BCUT2D eigenvalue weighted by atomic mass is 10.1. The molecule has 108 valence electrons. The molecule has 0 radical (unpaired) electrons. The number of halogens is 1. The van der Waals surface area contributed by atoms with Crippen molar-refractivity contribution < 1.29 is 9.26 Å². The summed E-state index contributed by atoms with van der Waals surface area (Å²) >= 11 is 6.00. The van der Waals surface area contributed by atoms with Gasteiger partial charge >= 0.3 is 0 Å². The van der Waals surface area contributed by atoms with Gasteiger partial charge in [-0.1, -0.05) is 23.7 Å². The van der Waals surface area contributed by atoms with Crippen molar-refractivity contribution in [1.82, 2.24) is 10.1 Å². The first-order chi connectivity index (χ1) is 9.58. The van der Waals surface area contributed by atoms with E-state index in [-0.39, 0.29) is 12.6 Å². The van der Waals surface area contributed by atoms with E-state index in [1.165, 1.54) is 0 Å². The Hall–Kier alpha value is -1.59. The molecule has 0 amide bonds. The summed E-state index contributed by atoms with van der Waals surface area (Å²) in [5, 5.41) is 4.52. The Morgan fingerprint density at radius 3 is 2.90 bits per heavy atom. The lowest BCUT2D eigenvalue weighted by molar-refractivity contribution is 0.282. The lowest BCUT2D eigenvalue weighted by Crippen LogP contribution is -2.18. The van der Waals surface area contributed by atoms with E-state index >= 15 is 0 Å². The largest absolute Gasteiger partial charge is 0.485 e. The van der Waals surface area contributed by atoms with Crippen molar-refractivity contribution in [3.05, 3.63) is 40.5 Å². The molecule has 2 aromatic rings. The summed E-state index contributed by atoms with van der Waals surface area (Å²) in [6.07, 6.45) is 1.41. The van der Waals surface area contributed by atoms with Gasteiger partial charge in [-0.2, -0.15) is 4.98 Å². The second-order valence-electron chi connectivity index (χ2n) is 4.68. The third-order valence-electron chi connectivity index (χ3n) is 2.73. The molecule has 1 aromatic heterocycles. The molecule has 1 atom stereocenters. The van der Waals surface area contributed by atoms with E-state index in [1.54, 1.807) is 6.07 Å². The van der Waals surface area contributed by atoms with Crippen LogP contribution in [0, 0.1) is 0 Å². The molecule has 1 aromatic carbocycles. The van der Waals surface area contributed by atoms with Crippen molar-refractivity contribution in [2.45, 2.75) is 39.3 Å². The van der Waals surface area contributed by atoms with Gasteiger partial charge in [0.2, 0.25) is 11.7 Å². The highest BCUT2D eigenvalue weighted by atomic mass is 35.5. The number of aryl methyl sites for hydroxylation is 1. The fourth-order valence-electron chi connectivity index (χ4n) is 1.83. The summed E-state index contributed by atoms with van der Waals surface area (Å²) < 4.78 is 10.8. The van der Waals surface area contributed by atoms with Crippen molar-refractivity contribution in [3.8, 4) is 5.75 Å². The van der Waals surface area contributed by atoms with Crippen molar-refractivity contribution >= 4 is 11.6 Å². The minimum atomic E-state index is 0.0349. The zero-order valence-corrected chi connectivity index (χ0v) is 12.4. The van der Waals surface area contributed by atoms with Crippen LogP contribution in [0.15, 0.2) is 22.7 Å². The van der Waals surface area contributed by atoms with Crippen LogP contribution in [-0.2, 0) is 19.4 Å². The Balaban J connectivity index is 2.08. The average Bonchev–Trinajstić information content (AvgIpc) is 2.85. The van der Waals surface area contributed by atoms with Crippen LogP contribution in [0.25, 0.3) is 0 Å². The van der Waals surface area contributed by atoms with Crippen molar-refractivity contribution in [2.24, 2.45) is 5.73 Å². The summed E-state index contributed by atoms with van der Waals surface area (Å²) in [7, 11) is 0. The maximum atomic E-state index is 6.00. The fraction of sp³-hybridized carbons (Fsp3) is 0.429. The van der Waals surface area contributed by atoms with Crippen LogP contribution in [-0.4, -0.2) is 16.2 Å². The summed E-state index contributed by atoms with van der Waals surface area (Å²) in [5.74, 6) is 1.88. The topological polar surface area (TPSA) is 74.2 Å². The average molecular weight is 296 g/mol. The number of aromatic nitrogens is 2. The third kappa shape index (κ3) is 3.95. The molecule has 5 nitrogen and oxygen atoms in total. The molecule has 2 N–H and O–H groups in total.